The van der Waals surface area contributed by atoms with Gasteiger partial charge in [0.15, 0.2) is 5.96 Å². The van der Waals surface area contributed by atoms with E-state index in [9.17, 15) is 4.39 Å². The maximum Gasteiger partial charge on any atom is 0.191 e. The largest absolute Gasteiger partial charge is 0.489 e. The highest BCUT2D eigenvalue weighted by atomic mass is 19.1. The Morgan fingerprint density at radius 3 is 2.85 bits per heavy atom. The highest BCUT2D eigenvalue weighted by molar-refractivity contribution is 5.79. The molecule has 1 aliphatic heterocycles. The van der Waals surface area contributed by atoms with Crippen molar-refractivity contribution in [3.05, 3.63) is 30.1 Å². The van der Waals surface area contributed by atoms with Crippen molar-refractivity contribution in [2.45, 2.75) is 32.8 Å². The molecule has 1 aliphatic rings. The molecular formula is C20H33FN4O2. The van der Waals surface area contributed by atoms with Crippen molar-refractivity contribution in [1.82, 2.24) is 15.5 Å². The Morgan fingerprint density at radius 1 is 1.30 bits per heavy atom. The van der Waals surface area contributed by atoms with Gasteiger partial charge in [-0.15, -0.1) is 0 Å². The summed E-state index contributed by atoms with van der Waals surface area (Å²) in [5.74, 6) is 1.02. The first-order chi connectivity index (χ1) is 13.2. The van der Waals surface area contributed by atoms with Crippen molar-refractivity contribution in [1.29, 1.82) is 0 Å². The summed E-state index contributed by atoms with van der Waals surface area (Å²) in [5, 5.41) is 6.61. The van der Waals surface area contributed by atoms with E-state index < -0.39 is 0 Å². The second-order valence-corrected chi connectivity index (χ2v) is 6.69. The van der Waals surface area contributed by atoms with Gasteiger partial charge in [0.2, 0.25) is 0 Å². The second kappa shape index (κ2) is 12.5. The van der Waals surface area contributed by atoms with E-state index in [0.717, 1.165) is 64.7 Å². The fourth-order valence-corrected chi connectivity index (χ4v) is 2.86. The zero-order chi connectivity index (χ0) is 19.3. The van der Waals surface area contributed by atoms with Crippen LogP contribution in [0.2, 0.25) is 0 Å². The first-order valence-electron chi connectivity index (χ1n) is 9.92. The van der Waals surface area contributed by atoms with Gasteiger partial charge in [-0.2, -0.15) is 0 Å². The Hall–Kier alpha value is -1.86. The Bertz CT molecular complexity index is 565. The third-order valence-corrected chi connectivity index (χ3v) is 4.28. The van der Waals surface area contributed by atoms with Crippen LogP contribution in [0, 0.1) is 5.82 Å². The summed E-state index contributed by atoms with van der Waals surface area (Å²) in [5.41, 5.74) is 0. The molecule has 0 radical (unpaired) electrons. The lowest BCUT2D eigenvalue weighted by atomic mass is 10.3. The molecule has 0 bridgehead atoms. The summed E-state index contributed by atoms with van der Waals surface area (Å²) in [6.45, 7) is 11.1. The third-order valence-electron chi connectivity index (χ3n) is 4.28. The predicted molar refractivity (Wildman–Crippen MR) is 107 cm³/mol. The summed E-state index contributed by atoms with van der Waals surface area (Å²) < 4.78 is 24.3. The van der Waals surface area contributed by atoms with Crippen molar-refractivity contribution in [2.75, 3.05) is 52.5 Å². The van der Waals surface area contributed by atoms with Crippen LogP contribution >= 0.6 is 0 Å². The molecular weight excluding hydrogens is 347 g/mol. The molecule has 1 saturated heterocycles. The fraction of sp³-hybridized carbons (Fsp3) is 0.650. The molecule has 1 aromatic rings. The average Bonchev–Trinajstić information content (AvgIpc) is 2.66. The Balaban J connectivity index is 1.66. The number of halogens is 1. The normalized spacial score (nSPS) is 16.8. The standard InChI is InChI=1S/C20H33FN4O2/c1-3-22-20(23-9-4-5-10-25-11-13-26-14-12-25)24-16-17(2)27-19-8-6-7-18(21)15-19/h6-8,15,17H,3-5,9-14,16H2,1-2H3,(H2,22,23,24). The first kappa shape index (κ1) is 21.4. The van der Waals surface area contributed by atoms with Gasteiger partial charge in [0, 0.05) is 32.2 Å². The van der Waals surface area contributed by atoms with Crippen LogP contribution in [-0.4, -0.2) is 69.4 Å². The monoisotopic (exact) mass is 380 g/mol. The van der Waals surface area contributed by atoms with E-state index in [2.05, 4.69) is 20.5 Å². The number of guanidine groups is 1. The first-order valence-corrected chi connectivity index (χ1v) is 9.92. The summed E-state index contributed by atoms with van der Waals surface area (Å²) in [6, 6.07) is 6.18. The van der Waals surface area contributed by atoms with E-state index >= 15 is 0 Å². The average molecular weight is 381 g/mol. The minimum absolute atomic E-state index is 0.136. The SMILES string of the molecule is CCNC(=NCC(C)Oc1cccc(F)c1)NCCCCN1CCOCC1. The lowest BCUT2D eigenvalue weighted by Gasteiger charge is -2.26. The van der Waals surface area contributed by atoms with Crippen LogP contribution in [0.5, 0.6) is 5.75 Å². The minimum atomic E-state index is -0.296. The number of hydrogen-bond donors (Lipinski definition) is 2. The number of aliphatic imine (C=N–C) groups is 1. The van der Waals surface area contributed by atoms with Crippen LogP contribution in [0.1, 0.15) is 26.7 Å². The van der Waals surface area contributed by atoms with Gasteiger partial charge >= 0.3 is 0 Å². The molecule has 1 heterocycles. The van der Waals surface area contributed by atoms with Gasteiger partial charge in [-0.1, -0.05) is 6.07 Å². The fourth-order valence-electron chi connectivity index (χ4n) is 2.86. The van der Waals surface area contributed by atoms with Gasteiger partial charge in [0.25, 0.3) is 0 Å². The number of ether oxygens (including phenoxy) is 2. The topological polar surface area (TPSA) is 58.1 Å². The number of morpholine rings is 1. The molecule has 2 rings (SSSR count). The van der Waals surface area contributed by atoms with Gasteiger partial charge in [-0.05, 0) is 45.4 Å². The van der Waals surface area contributed by atoms with Crippen LogP contribution in [-0.2, 0) is 4.74 Å². The van der Waals surface area contributed by atoms with Crippen LogP contribution in [0.4, 0.5) is 4.39 Å². The molecule has 7 heteroatoms. The quantitative estimate of drug-likeness (QED) is 0.370. The van der Waals surface area contributed by atoms with Crippen molar-refractivity contribution in [3.63, 3.8) is 0 Å². The minimum Gasteiger partial charge on any atom is -0.489 e. The zero-order valence-electron chi connectivity index (χ0n) is 16.5. The van der Waals surface area contributed by atoms with Crippen molar-refractivity contribution in [3.8, 4) is 5.75 Å². The Labute approximate surface area is 162 Å². The van der Waals surface area contributed by atoms with E-state index in [1.165, 1.54) is 12.1 Å². The molecule has 0 amide bonds. The highest BCUT2D eigenvalue weighted by Crippen LogP contribution is 2.13. The van der Waals surface area contributed by atoms with E-state index in [0.29, 0.717) is 12.3 Å². The molecule has 2 N–H and O–H groups in total. The molecule has 152 valence electrons. The molecule has 0 spiro atoms. The highest BCUT2D eigenvalue weighted by Gasteiger charge is 2.09. The lowest BCUT2D eigenvalue weighted by Crippen LogP contribution is -2.39. The van der Waals surface area contributed by atoms with Crippen molar-refractivity contribution in [2.24, 2.45) is 4.99 Å². The number of hydrogen-bond acceptors (Lipinski definition) is 4. The number of benzene rings is 1. The molecule has 1 aromatic carbocycles. The third kappa shape index (κ3) is 9.06. The summed E-state index contributed by atoms with van der Waals surface area (Å²) in [4.78, 5) is 7.02. The van der Waals surface area contributed by atoms with Gasteiger partial charge in [-0.25, -0.2) is 9.38 Å². The zero-order valence-corrected chi connectivity index (χ0v) is 16.5. The molecule has 1 fully saturated rings. The molecule has 0 aliphatic carbocycles. The number of nitrogens with one attached hydrogen (secondary N) is 2. The summed E-state index contributed by atoms with van der Waals surface area (Å²) in [7, 11) is 0. The molecule has 0 aromatic heterocycles. The van der Waals surface area contributed by atoms with Gasteiger partial charge in [0.05, 0.1) is 19.8 Å². The molecule has 1 unspecified atom stereocenters. The number of nitrogens with zero attached hydrogens (tertiary/aromatic N) is 2. The molecule has 6 nitrogen and oxygen atoms in total. The van der Waals surface area contributed by atoms with E-state index in [-0.39, 0.29) is 11.9 Å². The molecule has 1 atom stereocenters. The smallest absolute Gasteiger partial charge is 0.191 e. The van der Waals surface area contributed by atoms with E-state index in [1.807, 2.05) is 13.8 Å². The van der Waals surface area contributed by atoms with Crippen molar-refractivity contribution >= 4 is 5.96 Å². The second-order valence-electron chi connectivity index (χ2n) is 6.69. The van der Waals surface area contributed by atoms with Crippen LogP contribution in [0.25, 0.3) is 0 Å². The van der Waals surface area contributed by atoms with E-state index in [4.69, 9.17) is 9.47 Å². The van der Waals surface area contributed by atoms with Gasteiger partial charge in [0.1, 0.15) is 17.7 Å². The summed E-state index contributed by atoms with van der Waals surface area (Å²) >= 11 is 0. The number of rotatable bonds is 10. The lowest BCUT2D eigenvalue weighted by molar-refractivity contribution is 0.0372. The van der Waals surface area contributed by atoms with Crippen LogP contribution < -0.4 is 15.4 Å². The summed E-state index contributed by atoms with van der Waals surface area (Å²) in [6.07, 6.45) is 2.12. The maximum atomic E-state index is 13.2. The van der Waals surface area contributed by atoms with Crippen LogP contribution in [0.3, 0.4) is 0 Å². The molecule has 0 saturated carbocycles. The van der Waals surface area contributed by atoms with Gasteiger partial charge in [-0.3, -0.25) is 4.90 Å². The van der Waals surface area contributed by atoms with E-state index in [1.54, 1.807) is 12.1 Å². The van der Waals surface area contributed by atoms with Crippen LogP contribution in [0.15, 0.2) is 29.3 Å². The Morgan fingerprint density at radius 2 is 2.11 bits per heavy atom. The predicted octanol–water partition coefficient (Wildman–Crippen LogP) is 2.26. The number of unbranched alkanes of at least 4 members (excludes halogenated alkanes) is 1. The van der Waals surface area contributed by atoms with Crippen molar-refractivity contribution < 1.29 is 13.9 Å². The maximum absolute atomic E-state index is 13.2. The van der Waals surface area contributed by atoms with Gasteiger partial charge < -0.3 is 20.1 Å². The Kier molecular flexibility index (Phi) is 9.94. The molecule has 27 heavy (non-hydrogen) atoms.